The minimum atomic E-state index is -3.54. The molecule has 2 heterocycles. The highest BCUT2D eigenvalue weighted by Gasteiger charge is 2.22. The molecule has 1 atom stereocenters. The van der Waals surface area contributed by atoms with Gasteiger partial charge in [-0.05, 0) is 33.9 Å². The number of sulfonamides is 1. The van der Waals surface area contributed by atoms with E-state index in [2.05, 4.69) is 20.0 Å². The first kappa shape index (κ1) is 16.2. The lowest BCUT2D eigenvalue weighted by molar-refractivity contribution is 0.568. The molecule has 0 aromatic carbocycles. The third-order valence-corrected chi connectivity index (χ3v) is 5.83. The van der Waals surface area contributed by atoms with E-state index >= 15 is 0 Å². The van der Waals surface area contributed by atoms with E-state index in [-0.39, 0.29) is 10.9 Å². The van der Waals surface area contributed by atoms with Crippen molar-refractivity contribution in [1.82, 2.24) is 20.0 Å². The van der Waals surface area contributed by atoms with Gasteiger partial charge in [-0.2, -0.15) is 0 Å². The van der Waals surface area contributed by atoms with Gasteiger partial charge in [0.15, 0.2) is 0 Å². The van der Waals surface area contributed by atoms with Gasteiger partial charge < -0.3 is 10.3 Å². The number of aryl methyl sites for hydroxylation is 2. The number of rotatable bonds is 6. The van der Waals surface area contributed by atoms with Crippen molar-refractivity contribution in [3.05, 3.63) is 33.5 Å². The first-order chi connectivity index (χ1) is 9.83. The summed E-state index contributed by atoms with van der Waals surface area (Å²) in [5, 5.41) is 3.91. The Hall–Kier alpha value is -1.22. The van der Waals surface area contributed by atoms with Crippen LogP contribution in [0, 0.1) is 13.8 Å². The molecule has 0 aliphatic heterocycles. The van der Waals surface area contributed by atoms with Crippen LogP contribution >= 0.6 is 11.3 Å². The van der Waals surface area contributed by atoms with Crippen molar-refractivity contribution in [1.29, 1.82) is 0 Å². The van der Waals surface area contributed by atoms with Crippen molar-refractivity contribution >= 4 is 21.4 Å². The van der Waals surface area contributed by atoms with Crippen molar-refractivity contribution in [3.63, 3.8) is 0 Å². The van der Waals surface area contributed by atoms with E-state index in [0.717, 1.165) is 21.3 Å². The Balaban J connectivity index is 2.18. The molecule has 0 bridgehead atoms. The van der Waals surface area contributed by atoms with Gasteiger partial charge in [0.1, 0.15) is 0 Å². The van der Waals surface area contributed by atoms with Crippen molar-refractivity contribution in [3.8, 4) is 0 Å². The van der Waals surface area contributed by atoms with Crippen LogP contribution in [0.4, 0.5) is 0 Å². The van der Waals surface area contributed by atoms with E-state index in [1.165, 1.54) is 17.5 Å². The first-order valence-corrected chi connectivity index (χ1v) is 8.91. The summed E-state index contributed by atoms with van der Waals surface area (Å²) in [7, 11) is -1.73. The zero-order valence-corrected chi connectivity index (χ0v) is 14.2. The van der Waals surface area contributed by atoms with Crippen LogP contribution in [0.2, 0.25) is 0 Å². The number of nitrogens with one attached hydrogen (secondary N) is 3. The minimum Gasteiger partial charge on any atom is -0.363 e. The maximum Gasteiger partial charge on any atom is 0.242 e. The van der Waals surface area contributed by atoms with Gasteiger partial charge in [0.2, 0.25) is 10.0 Å². The SMILES string of the molecule is CNCc1cc(S(=O)(=O)NC(C)c2sc(C)nc2C)c[nH]1. The molecule has 0 aliphatic carbocycles. The Morgan fingerprint density at radius 1 is 1.43 bits per heavy atom. The van der Waals surface area contributed by atoms with Crippen LogP contribution in [0.5, 0.6) is 0 Å². The number of hydrogen-bond donors (Lipinski definition) is 3. The standard InChI is InChI=1S/C13H20N4O2S2/c1-8-13(20-10(3)16-8)9(2)17-21(18,19)12-5-11(6-14-4)15-7-12/h5,7,9,14-15,17H,6H2,1-4H3. The van der Waals surface area contributed by atoms with Gasteiger partial charge >= 0.3 is 0 Å². The third kappa shape index (κ3) is 3.70. The second kappa shape index (κ2) is 6.27. The molecule has 0 fully saturated rings. The van der Waals surface area contributed by atoms with Crippen LogP contribution in [0.3, 0.4) is 0 Å². The summed E-state index contributed by atoms with van der Waals surface area (Å²) in [6, 6.07) is 1.33. The summed E-state index contributed by atoms with van der Waals surface area (Å²) in [5.74, 6) is 0. The quantitative estimate of drug-likeness (QED) is 0.755. The van der Waals surface area contributed by atoms with Gasteiger partial charge in [-0.15, -0.1) is 11.3 Å². The Kier molecular flexibility index (Phi) is 4.82. The predicted octanol–water partition coefficient (Wildman–Crippen LogP) is 1.85. The first-order valence-electron chi connectivity index (χ1n) is 6.61. The lowest BCUT2D eigenvalue weighted by Crippen LogP contribution is -2.26. The summed E-state index contributed by atoms with van der Waals surface area (Å²) in [4.78, 5) is 8.48. The molecule has 0 spiro atoms. The summed E-state index contributed by atoms with van der Waals surface area (Å²) in [6.07, 6.45) is 1.51. The number of thiazole rings is 1. The molecule has 116 valence electrons. The second-order valence-corrected chi connectivity index (χ2v) is 7.87. The average molecular weight is 328 g/mol. The van der Waals surface area contributed by atoms with E-state index in [1.54, 1.807) is 6.07 Å². The lowest BCUT2D eigenvalue weighted by atomic mass is 10.2. The molecule has 6 nitrogen and oxygen atoms in total. The van der Waals surface area contributed by atoms with E-state index in [9.17, 15) is 8.42 Å². The molecular weight excluding hydrogens is 308 g/mol. The van der Waals surface area contributed by atoms with Crippen molar-refractivity contribution in [2.24, 2.45) is 0 Å². The van der Waals surface area contributed by atoms with Crippen LogP contribution < -0.4 is 10.0 Å². The summed E-state index contributed by atoms with van der Waals surface area (Å²) in [5.41, 5.74) is 1.70. The molecule has 2 aromatic rings. The van der Waals surface area contributed by atoms with Gasteiger partial charge in [0, 0.05) is 23.3 Å². The topological polar surface area (TPSA) is 86.9 Å². The maximum absolute atomic E-state index is 12.4. The fraction of sp³-hybridized carbons (Fsp3) is 0.462. The van der Waals surface area contributed by atoms with Gasteiger partial charge in [-0.25, -0.2) is 18.1 Å². The number of aromatic nitrogens is 2. The third-order valence-electron chi connectivity index (χ3n) is 3.06. The van der Waals surface area contributed by atoms with Gasteiger partial charge in [0.05, 0.1) is 21.6 Å². The molecule has 0 amide bonds. The van der Waals surface area contributed by atoms with Crippen LogP contribution in [0.1, 0.15) is 34.2 Å². The molecular formula is C13H20N4O2S2. The molecule has 0 saturated heterocycles. The zero-order valence-electron chi connectivity index (χ0n) is 12.5. The summed E-state index contributed by atoms with van der Waals surface area (Å²) < 4.78 is 27.5. The number of nitrogens with zero attached hydrogens (tertiary/aromatic N) is 1. The molecule has 2 aromatic heterocycles. The Morgan fingerprint density at radius 3 is 2.71 bits per heavy atom. The minimum absolute atomic E-state index is 0.249. The Labute approximate surface area is 129 Å². The highest BCUT2D eigenvalue weighted by atomic mass is 32.2. The molecule has 2 rings (SSSR count). The lowest BCUT2D eigenvalue weighted by Gasteiger charge is -2.12. The number of aromatic amines is 1. The number of H-pyrrole nitrogens is 1. The summed E-state index contributed by atoms with van der Waals surface area (Å²) >= 11 is 1.52. The van der Waals surface area contributed by atoms with Crippen LogP contribution in [-0.2, 0) is 16.6 Å². The largest absolute Gasteiger partial charge is 0.363 e. The van der Waals surface area contributed by atoms with E-state index in [1.807, 2.05) is 27.8 Å². The normalized spacial score (nSPS) is 13.5. The van der Waals surface area contributed by atoms with E-state index in [4.69, 9.17) is 0 Å². The fourth-order valence-corrected chi connectivity index (χ4v) is 4.40. The number of hydrogen-bond acceptors (Lipinski definition) is 5. The molecule has 21 heavy (non-hydrogen) atoms. The van der Waals surface area contributed by atoms with E-state index < -0.39 is 10.0 Å². The fourth-order valence-electron chi connectivity index (χ4n) is 2.17. The Morgan fingerprint density at radius 2 is 2.14 bits per heavy atom. The van der Waals surface area contributed by atoms with Crippen molar-refractivity contribution in [2.45, 2.75) is 38.3 Å². The van der Waals surface area contributed by atoms with Gasteiger partial charge in [0.25, 0.3) is 0 Å². The van der Waals surface area contributed by atoms with Crippen molar-refractivity contribution in [2.75, 3.05) is 7.05 Å². The second-order valence-electron chi connectivity index (χ2n) is 4.92. The molecule has 8 heteroatoms. The smallest absolute Gasteiger partial charge is 0.242 e. The molecule has 0 aliphatic rings. The molecule has 1 unspecified atom stereocenters. The Bertz CT molecular complexity index is 718. The van der Waals surface area contributed by atoms with Crippen molar-refractivity contribution < 1.29 is 8.42 Å². The molecule has 0 radical (unpaired) electrons. The highest BCUT2D eigenvalue weighted by Crippen LogP contribution is 2.26. The van der Waals surface area contributed by atoms with Crippen LogP contribution in [0.15, 0.2) is 17.2 Å². The van der Waals surface area contributed by atoms with Gasteiger partial charge in [-0.3, -0.25) is 0 Å². The van der Waals surface area contributed by atoms with E-state index in [0.29, 0.717) is 6.54 Å². The molecule has 3 N–H and O–H groups in total. The summed E-state index contributed by atoms with van der Waals surface area (Å²) in [6.45, 7) is 6.24. The average Bonchev–Trinajstić information content (AvgIpc) is 2.96. The van der Waals surface area contributed by atoms with Gasteiger partial charge in [-0.1, -0.05) is 0 Å². The molecule has 0 saturated carbocycles. The monoisotopic (exact) mass is 328 g/mol. The predicted molar refractivity (Wildman–Crippen MR) is 83.9 cm³/mol. The maximum atomic E-state index is 12.4. The zero-order chi connectivity index (χ0) is 15.6. The van der Waals surface area contributed by atoms with Crippen LogP contribution in [0.25, 0.3) is 0 Å². The van der Waals surface area contributed by atoms with Crippen LogP contribution in [-0.4, -0.2) is 25.4 Å². The highest BCUT2D eigenvalue weighted by molar-refractivity contribution is 7.89.